The zero-order chi connectivity index (χ0) is 5.70. The van der Waals surface area contributed by atoms with Gasteiger partial charge in [0.25, 0.3) is 0 Å². The molecule has 0 spiro atoms. The molecular weight excluding hydrogens is 151 g/mol. The molecule has 0 saturated heterocycles. The molecule has 0 amide bonds. The van der Waals surface area contributed by atoms with Crippen LogP contribution in [0.1, 0.15) is 0 Å². The van der Waals surface area contributed by atoms with Crippen LogP contribution in [0, 0.1) is 0 Å². The van der Waals surface area contributed by atoms with Crippen LogP contribution in [-0.2, 0) is 8.54 Å². The first kappa shape index (κ1) is 7.76. The third-order valence-corrected chi connectivity index (χ3v) is 3.11. The van der Waals surface area contributed by atoms with Gasteiger partial charge in [0.1, 0.15) is 0 Å². The van der Waals surface area contributed by atoms with E-state index < -0.39 is 7.23 Å². The predicted octanol–water partition coefficient (Wildman–Crippen LogP) is 2.30. The summed E-state index contributed by atoms with van der Waals surface area (Å²) >= 11 is 2.35. The number of rotatable bonds is 3. The first-order valence-electron chi connectivity index (χ1n) is 1.53. The fraction of sp³-hybridized carbons (Fsp3) is 1.00. The Kier molecular flexibility index (Phi) is 5.44. The second-order valence-electron chi connectivity index (χ2n) is 0.647. The summed E-state index contributed by atoms with van der Waals surface area (Å²) in [4.78, 5) is 0. The zero-order valence-corrected chi connectivity index (χ0v) is 6.61. The molecule has 0 aromatic carbocycles. The highest BCUT2D eigenvalue weighted by Gasteiger charge is 2.14. The van der Waals surface area contributed by atoms with Crippen molar-refractivity contribution in [2.24, 2.45) is 0 Å². The van der Waals surface area contributed by atoms with Crippen molar-refractivity contribution < 1.29 is 8.54 Å². The molecule has 0 radical (unpaired) electrons. The van der Waals surface area contributed by atoms with Crippen molar-refractivity contribution in [2.45, 2.75) is 0 Å². The number of hydrogen-bond acceptors (Lipinski definition) is 4. The van der Waals surface area contributed by atoms with Gasteiger partial charge in [-0.05, 0) is 4.57 Å². The van der Waals surface area contributed by atoms with E-state index >= 15 is 0 Å². The van der Waals surface area contributed by atoms with Gasteiger partial charge in [0.2, 0.25) is 0 Å². The van der Waals surface area contributed by atoms with Crippen molar-refractivity contribution in [3.8, 4) is 0 Å². The molecule has 0 heterocycles. The van der Waals surface area contributed by atoms with Crippen LogP contribution in [0.25, 0.3) is 0 Å². The van der Waals surface area contributed by atoms with Crippen LogP contribution >= 0.6 is 30.7 Å². The molecule has 0 aliphatic heterocycles. The summed E-state index contributed by atoms with van der Waals surface area (Å²) in [6.45, 7) is 0. The average Bonchev–Trinajstić information content (AvgIpc) is 1.68. The standard InChI is InChI=1S/C2H6O2PS2/c1-6-4-5(3)7-2/h1-2H3/q+1. The molecular formula is C2H6O2PS2+. The lowest BCUT2D eigenvalue weighted by Gasteiger charge is -1.71. The van der Waals surface area contributed by atoms with E-state index in [4.69, 9.17) is 0 Å². The second kappa shape index (κ2) is 4.91. The summed E-state index contributed by atoms with van der Waals surface area (Å²) in [5, 5.41) is 0. The molecule has 0 aliphatic rings. The minimum absolute atomic E-state index is 1.13. The van der Waals surface area contributed by atoms with Gasteiger partial charge in [-0.1, -0.05) is 3.97 Å². The Balaban J connectivity index is 3.00. The topological polar surface area (TPSA) is 26.3 Å². The van der Waals surface area contributed by atoms with Crippen molar-refractivity contribution in [3.63, 3.8) is 0 Å². The van der Waals surface area contributed by atoms with Gasteiger partial charge in [-0.25, -0.2) is 0 Å². The summed E-state index contributed by atoms with van der Waals surface area (Å²) < 4.78 is 14.9. The normalized spacial score (nSPS) is 11.4. The van der Waals surface area contributed by atoms with E-state index in [1.165, 1.54) is 11.4 Å². The van der Waals surface area contributed by atoms with Crippen LogP contribution in [0.15, 0.2) is 0 Å². The van der Waals surface area contributed by atoms with E-state index in [0.717, 1.165) is 12.0 Å². The maximum absolute atomic E-state index is 10.3. The molecule has 0 aliphatic carbocycles. The molecule has 7 heavy (non-hydrogen) atoms. The van der Waals surface area contributed by atoms with Crippen molar-refractivity contribution in [2.75, 3.05) is 12.5 Å². The highest BCUT2D eigenvalue weighted by molar-refractivity contribution is 8.50. The summed E-state index contributed by atoms with van der Waals surface area (Å²) in [6.07, 6.45) is 3.48. The lowest BCUT2D eigenvalue weighted by atomic mass is 12.0. The maximum Gasteiger partial charge on any atom is 0.597 e. The Labute approximate surface area is 52.2 Å². The van der Waals surface area contributed by atoms with Gasteiger partial charge >= 0.3 is 7.23 Å². The molecule has 0 bridgehead atoms. The first-order chi connectivity index (χ1) is 3.31. The minimum atomic E-state index is -1.45. The molecule has 1 unspecified atom stereocenters. The van der Waals surface area contributed by atoms with Crippen molar-refractivity contribution in [1.29, 1.82) is 0 Å². The third-order valence-electron chi connectivity index (χ3n) is 0.284. The Morgan fingerprint density at radius 2 is 2.14 bits per heavy atom. The van der Waals surface area contributed by atoms with E-state index in [1.54, 1.807) is 12.5 Å². The largest absolute Gasteiger partial charge is 0.597 e. The summed E-state index contributed by atoms with van der Waals surface area (Å²) in [5.41, 5.74) is 0. The molecule has 0 aromatic rings. The third kappa shape index (κ3) is 4.62. The first-order valence-corrected chi connectivity index (χ1v) is 5.69. The van der Waals surface area contributed by atoms with Crippen molar-refractivity contribution in [3.05, 3.63) is 0 Å². The van der Waals surface area contributed by atoms with E-state index in [-0.39, 0.29) is 0 Å². The van der Waals surface area contributed by atoms with E-state index in [0.29, 0.717) is 0 Å². The summed E-state index contributed by atoms with van der Waals surface area (Å²) in [7, 11) is -1.45. The Hall–Kier alpha value is 0.760. The van der Waals surface area contributed by atoms with Crippen molar-refractivity contribution in [1.82, 2.24) is 0 Å². The van der Waals surface area contributed by atoms with Crippen LogP contribution in [0.2, 0.25) is 0 Å². The van der Waals surface area contributed by atoms with Gasteiger partial charge in [-0.2, -0.15) is 0 Å². The van der Waals surface area contributed by atoms with Crippen LogP contribution in [0.5, 0.6) is 0 Å². The maximum atomic E-state index is 10.3. The zero-order valence-electron chi connectivity index (χ0n) is 4.08. The highest BCUT2D eigenvalue weighted by Crippen LogP contribution is 2.39. The summed E-state index contributed by atoms with van der Waals surface area (Å²) in [6, 6.07) is 0. The highest BCUT2D eigenvalue weighted by atomic mass is 32.7. The Morgan fingerprint density at radius 1 is 1.57 bits per heavy atom. The van der Waals surface area contributed by atoms with Gasteiger partial charge in [0.15, 0.2) is 11.4 Å². The van der Waals surface area contributed by atoms with Gasteiger partial charge in [-0.3, -0.25) is 0 Å². The molecule has 0 aromatic heterocycles. The molecule has 0 saturated carbocycles. The van der Waals surface area contributed by atoms with Crippen LogP contribution < -0.4 is 0 Å². The lowest BCUT2D eigenvalue weighted by molar-refractivity contribution is 0.549. The van der Waals surface area contributed by atoms with Gasteiger partial charge < -0.3 is 0 Å². The SMILES string of the molecule is CSO[P+](=O)SC. The van der Waals surface area contributed by atoms with Gasteiger partial charge in [0, 0.05) is 12.5 Å². The minimum Gasteiger partial charge on any atom is -0.0622 e. The second-order valence-corrected chi connectivity index (χ2v) is 4.38. The molecule has 0 rings (SSSR count). The van der Waals surface area contributed by atoms with E-state index in [1.807, 2.05) is 0 Å². The average molecular weight is 157 g/mol. The molecule has 5 heteroatoms. The fourth-order valence-corrected chi connectivity index (χ4v) is 1.92. The molecule has 42 valence electrons. The predicted molar refractivity (Wildman–Crippen MR) is 35.7 cm³/mol. The molecule has 2 nitrogen and oxygen atoms in total. The molecule has 0 N–H and O–H groups in total. The van der Waals surface area contributed by atoms with Crippen LogP contribution in [0.4, 0.5) is 0 Å². The fourth-order valence-electron chi connectivity index (χ4n) is 0.0913. The lowest BCUT2D eigenvalue weighted by Crippen LogP contribution is -1.53. The molecule has 1 atom stereocenters. The quantitative estimate of drug-likeness (QED) is 0.464. The Bertz CT molecular complexity index is 66.7. The van der Waals surface area contributed by atoms with Gasteiger partial charge in [-0.15, -0.1) is 0 Å². The van der Waals surface area contributed by atoms with Crippen LogP contribution in [-0.4, -0.2) is 12.5 Å². The summed E-state index contributed by atoms with van der Waals surface area (Å²) in [5.74, 6) is 0. The van der Waals surface area contributed by atoms with Gasteiger partial charge in [0.05, 0.1) is 12.0 Å². The number of hydrogen-bond donors (Lipinski definition) is 0. The monoisotopic (exact) mass is 157 g/mol. The van der Waals surface area contributed by atoms with Crippen molar-refractivity contribution >= 4 is 30.7 Å². The van der Waals surface area contributed by atoms with E-state index in [2.05, 4.69) is 3.97 Å². The molecule has 0 fully saturated rings. The van der Waals surface area contributed by atoms with Crippen LogP contribution in [0.3, 0.4) is 0 Å². The van der Waals surface area contributed by atoms with E-state index in [9.17, 15) is 4.57 Å². The Morgan fingerprint density at radius 3 is 2.29 bits per heavy atom. The smallest absolute Gasteiger partial charge is 0.0622 e.